The number of nitrogens with one attached hydrogen (secondary N) is 1. The van der Waals surface area contributed by atoms with E-state index < -0.39 is 0 Å². The van der Waals surface area contributed by atoms with Crippen LogP contribution >= 0.6 is 0 Å². The van der Waals surface area contributed by atoms with Crippen LogP contribution in [-0.4, -0.2) is 42.0 Å². The van der Waals surface area contributed by atoms with Crippen LogP contribution in [0.15, 0.2) is 24.3 Å². The highest BCUT2D eigenvalue weighted by Crippen LogP contribution is 2.31. The van der Waals surface area contributed by atoms with Gasteiger partial charge in [-0.05, 0) is 56.1 Å². The largest absolute Gasteiger partial charge is 0.368 e. The van der Waals surface area contributed by atoms with Crippen molar-refractivity contribution in [2.75, 3.05) is 13.2 Å². The lowest BCUT2D eigenvalue weighted by Gasteiger charge is -2.36. The first kappa shape index (κ1) is 16.6. The van der Waals surface area contributed by atoms with Crippen LogP contribution in [-0.2, 0) is 20.7 Å². The Morgan fingerprint density at radius 1 is 1.08 bits per heavy atom. The highest BCUT2D eigenvalue weighted by atomic mass is 16.5. The van der Waals surface area contributed by atoms with Gasteiger partial charge in [0.15, 0.2) is 0 Å². The minimum atomic E-state index is -0.349. The number of carbonyl (C=O) groups is 2. The molecular formula is C20H26N2O3. The molecule has 2 fully saturated rings. The van der Waals surface area contributed by atoms with Crippen molar-refractivity contribution in [1.82, 2.24) is 10.2 Å². The third-order valence-corrected chi connectivity index (χ3v) is 5.74. The summed E-state index contributed by atoms with van der Waals surface area (Å²) in [7, 11) is 0. The average Bonchev–Trinajstić information content (AvgIpc) is 3.32. The van der Waals surface area contributed by atoms with Crippen LogP contribution in [0.4, 0.5) is 0 Å². The summed E-state index contributed by atoms with van der Waals surface area (Å²) in [6.45, 7) is 1.32. The van der Waals surface area contributed by atoms with Crippen molar-refractivity contribution in [3.05, 3.63) is 35.4 Å². The van der Waals surface area contributed by atoms with E-state index in [0.717, 1.165) is 44.9 Å². The molecule has 0 radical (unpaired) electrons. The van der Waals surface area contributed by atoms with E-state index in [1.165, 1.54) is 11.1 Å². The maximum Gasteiger partial charge on any atom is 0.252 e. The Bertz CT molecular complexity index is 654. The Kier molecular flexibility index (Phi) is 4.75. The molecule has 5 heteroatoms. The van der Waals surface area contributed by atoms with Crippen molar-refractivity contribution in [2.45, 2.75) is 63.1 Å². The fourth-order valence-corrected chi connectivity index (χ4v) is 4.40. The number of aryl methyl sites for hydroxylation is 1. The predicted octanol–water partition coefficient (Wildman–Crippen LogP) is 2.35. The molecule has 2 aliphatic heterocycles. The molecule has 5 nitrogen and oxygen atoms in total. The Morgan fingerprint density at radius 2 is 1.96 bits per heavy atom. The second kappa shape index (κ2) is 7.16. The molecule has 0 bridgehead atoms. The van der Waals surface area contributed by atoms with Gasteiger partial charge in [-0.25, -0.2) is 0 Å². The fourth-order valence-electron chi connectivity index (χ4n) is 4.40. The maximum absolute atomic E-state index is 12.9. The number of likely N-dealkylation sites (tertiary alicyclic amines) is 1. The number of rotatable bonds is 3. The molecule has 1 N–H and O–H groups in total. The Balaban J connectivity index is 1.45. The molecule has 0 saturated carbocycles. The van der Waals surface area contributed by atoms with Gasteiger partial charge in [-0.2, -0.15) is 0 Å². The van der Waals surface area contributed by atoms with Crippen molar-refractivity contribution in [2.24, 2.45) is 0 Å². The monoisotopic (exact) mass is 342 g/mol. The summed E-state index contributed by atoms with van der Waals surface area (Å²) in [5, 5.41) is 3.21. The molecule has 0 spiro atoms. The molecular weight excluding hydrogens is 316 g/mol. The lowest BCUT2D eigenvalue weighted by molar-refractivity contribution is -0.149. The minimum absolute atomic E-state index is 0.00386. The normalized spacial score (nSPS) is 28.6. The van der Waals surface area contributed by atoms with Gasteiger partial charge in [0.05, 0.1) is 6.04 Å². The molecule has 4 rings (SSSR count). The zero-order valence-electron chi connectivity index (χ0n) is 14.6. The number of piperidine rings is 1. The van der Waals surface area contributed by atoms with Gasteiger partial charge >= 0.3 is 0 Å². The first-order valence-corrected chi connectivity index (χ1v) is 9.54. The lowest BCUT2D eigenvalue weighted by atomic mass is 9.99. The maximum atomic E-state index is 12.9. The molecule has 2 saturated heterocycles. The number of nitrogens with zero attached hydrogens (tertiary/aromatic N) is 1. The van der Waals surface area contributed by atoms with Crippen molar-refractivity contribution in [3.8, 4) is 0 Å². The molecule has 25 heavy (non-hydrogen) atoms. The van der Waals surface area contributed by atoms with E-state index in [1.807, 2.05) is 12.1 Å². The average molecular weight is 342 g/mol. The van der Waals surface area contributed by atoms with Crippen LogP contribution in [0.3, 0.4) is 0 Å². The number of benzene rings is 1. The van der Waals surface area contributed by atoms with E-state index in [9.17, 15) is 9.59 Å². The number of fused-ring (bicyclic) bond motifs is 1. The molecule has 1 aromatic rings. The Labute approximate surface area is 148 Å². The summed E-state index contributed by atoms with van der Waals surface area (Å²) in [5.41, 5.74) is 2.55. The van der Waals surface area contributed by atoms with Crippen molar-refractivity contribution < 1.29 is 14.3 Å². The van der Waals surface area contributed by atoms with Crippen LogP contribution in [0.2, 0.25) is 0 Å². The first-order valence-electron chi connectivity index (χ1n) is 9.54. The fraction of sp³-hybridized carbons (Fsp3) is 0.600. The van der Waals surface area contributed by atoms with E-state index in [1.54, 1.807) is 4.90 Å². The summed E-state index contributed by atoms with van der Waals surface area (Å²) >= 11 is 0. The molecule has 3 aliphatic rings. The highest BCUT2D eigenvalue weighted by Gasteiger charge is 2.38. The van der Waals surface area contributed by atoms with Crippen LogP contribution in [0.5, 0.6) is 0 Å². The van der Waals surface area contributed by atoms with Gasteiger partial charge in [0.2, 0.25) is 5.91 Å². The van der Waals surface area contributed by atoms with Crippen LogP contribution < -0.4 is 5.32 Å². The smallest absolute Gasteiger partial charge is 0.252 e. The third-order valence-electron chi connectivity index (χ3n) is 5.74. The minimum Gasteiger partial charge on any atom is -0.368 e. The molecule has 1 aromatic carbocycles. The summed E-state index contributed by atoms with van der Waals surface area (Å²) in [4.78, 5) is 27.5. The van der Waals surface area contributed by atoms with Gasteiger partial charge in [-0.1, -0.05) is 24.3 Å². The SMILES string of the molecule is O=C(N[C@@H]1CCc2ccccc21)[C@@H]1CCCCN1C(=O)[C@@H]1CCCO1. The zero-order chi connectivity index (χ0) is 17.2. The molecule has 3 atom stereocenters. The first-order chi connectivity index (χ1) is 12.2. The highest BCUT2D eigenvalue weighted by molar-refractivity contribution is 5.90. The standard InChI is InChI=1S/C20H26N2O3/c23-19(21-16-11-10-14-6-1-2-7-15(14)16)17-8-3-4-12-22(17)20(24)18-9-5-13-25-18/h1-2,6-7,16-18H,3-5,8-13H2,(H,21,23)/t16-,17+,18+/m1/s1. The molecule has 0 unspecified atom stereocenters. The van der Waals surface area contributed by atoms with E-state index in [2.05, 4.69) is 17.4 Å². The summed E-state index contributed by atoms with van der Waals surface area (Å²) in [6.07, 6.45) is 6.02. The number of hydrogen-bond acceptors (Lipinski definition) is 3. The van der Waals surface area contributed by atoms with E-state index in [0.29, 0.717) is 13.2 Å². The zero-order valence-corrected chi connectivity index (χ0v) is 14.6. The van der Waals surface area contributed by atoms with Crippen LogP contribution in [0.25, 0.3) is 0 Å². The van der Waals surface area contributed by atoms with Crippen molar-refractivity contribution in [3.63, 3.8) is 0 Å². The second-order valence-electron chi connectivity index (χ2n) is 7.34. The topological polar surface area (TPSA) is 58.6 Å². The molecule has 2 heterocycles. The van der Waals surface area contributed by atoms with Crippen molar-refractivity contribution >= 4 is 11.8 Å². The summed E-state index contributed by atoms with van der Waals surface area (Å²) in [5.74, 6) is -0.00285. The Morgan fingerprint density at radius 3 is 2.80 bits per heavy atom. The van der Waals surface area contributed by atoms with E-state index in [-0.39, 0.29) is 30.0 Å². The van der Waals surface area contributed by atoms with Crippen LogP contribution in [0, 0.1) is 0 Å². The summed E-state index contributed by atoms with van der Waals surface area (Å²) < 4.78 is 5.55. The van der Waals surface area contributed by atoms with Crippen molar-refractivity contribution in [1.29, 1.82) is 0 Å². The van der Waals surface area contributed by atoms with Gasteiger partial charge in [0.25, 0.3) is 5.91 Å². The third kappa shape index (κ3) is 3.30. The number of carbonyl (C=O) groups excluding carboxylic acids is 2. The molecule has 134 valence electrons. The van der Waals surface area contributed by atoms with Gasteiger partial charge in [0.1, 0.15) is 12.1 Å². The number of ether oxygens (including phenoxy) is 1. The van der Waals surface area contributed by atoms with Gasteiger partial charge in [-0.3, -0.25) is 9.59 Å². The number of hydrogen-bond donors (Lipinski definition) is 1. The van der Waals surface area contributed by atoms with E-state index in [4.69, 9.17) is 4.74 Å². The van der Waals surface area contributed by atoms with Gasteiger partial charge in [-0.15, -0.1) is 0 Å². The molecule has 1 aliphatic carbocycles. The molecule has 0 aromatic heterocycles. The second-order valence-corrected chi connectivity index (χ2v) is 7.34. The lowest BCUT2D eigenvalue weighted by Crippen LogP contribution is -2.54. The molecule has 2 amide bonds. The van der Waals surface area contributed by atoms with Gasteiger partial charge in [0, 0.05) is 13.2 Å². The Hall–Kier alpha value is -1.88. The van der Waals surface area contributed by atoms with Crippen LogP contribution in [0.1, 0.15) is 55.7 Å². The van der Waals surface area contributed by atoms with E-state index >= 15 is 0 Å². The number of amides is 2. The quantitative estimate of drug-likeness (QED) is 0.917. The summed E-state index contributed by atoms with van der Waals surface area (Å²) in [6, 6.07) is 8.03. The van der Waals surface area contributed by atoms with Gasteiger partial charge < -0.3 is 15.0 Å². The predicted molar refractivity (Wildman–Crippen MR) is 94.0 cm³/mol.